The molecule has 1 aliphatic heterocycles. The summed E-state index contributed by atoms with van der Waals surface area (Å²) in [5.74, 6) is 0. The molecular formula is C11H11N3O3S. The summed E-state index contributed by atoms with van der Waals surface area (Å²) in [5, 5.41) is 21.0. The van der Waals surface area contributed by atoms with Gasteiger partial charge in [0.15, 0.2) is 5.13 Å². The van der Waals surface area contributed by atoms with Crippen LogP contribution in [0.5, 0.6) is 0 Å². The van der Waals surface area contributed by atoms with Crippen LogP contribution < -0.4 is 4.90 Å². The van der Waals surface area contributed by atoms with Crippen molar-refractivity contribution in [2.24, 2.45) is 0 Å². The first kappa shape index (κ1) is 11.4. The van der Waals surface area contributed by atoms with Crippen molar-refractivity contribution in [3.63, 3.8) is 0 Å². The summed E-state index contributed by atoms with van der Waals surface area (Å²) in [4.78, 5) is 16.7. The number of nitro benzene ring substituents is 1. The standard InChI is InChI=1S/C11H11N3O3S/c15-8-3-4-13(6-8)11-12-9-5-7(14(16)17)1-2-10(9)18-11/h1-2,5,8,15H,3-4,6H2. The molecule has 18 heavy (non-hydrogen) atoms. The van der Waals surface area contributed by atoms with E-state index in [9.17, 15) is 15.2 Å². The van der Waals surface area contributed by atoms with E-state index < -0.39 is 4.92 Å². The molecule has 1 N–H and O–H groups in total. The normalized spacial score (nSPS) is 19.6. The minimum absolute atomic E-state index is 0.0563. The van der Waals surface area contributed by atoms with Gasteiger partial charge in [0.1, 0.15) is 0 Å². The van der Waals surface area contributed by atoms with Crippen LogP contribution >= 0.6 is 11.3 Å². The zero-order valence-corrected chi connectivity index (χ0v) is 10.3. The van der Waals surface area contributed by atoms with Gasteiger partial charge in [-0.05, 0) is 12.5 Å². The molecule has 1 saturated heterocycles. The highest BCUT2D eigenvalue weighted by molar-refractivity contribution is 7.22. The number of anilines is 1. The summed E-state index contributed by atoms with van der Waals surface area (Å²) in [6.07, 6.45) is 0.446. The molecule has 1 aromatic carbocycles. The molecule has 1 fully saturated rings. The van der Waals surface area contributed by atoms with Gasteiger partial charge in [0, 0.05) is 25.2 Å². The third kappa shape index (κ3) is 1.91. The minimum Gasteiger partial charge on any atom is -0.391 e. The Morgan fingerprint density at radius 3 is 3.06 bits per heavy atom. The molecule has 7 heteroatoms. The number of β-amino-alcohol motifs (C(OH)–C–C–N with tert-alkyl or cyclic N) is 1. The molecule has 2 heterocycles. The number of non-ortho nitro benzene ring substituents is 1. The van der Waals surface area contributed by atoms with E-state index in [0.29, 0.717) is 12.1 Å². The smallest absolute Gasteiger partial charge is 0.271 e. The maximum Gasteiger partial charge on any atom is 0.271 e. The summed E-state index contributed by atoms with van der Waals surface area (Å²) in [6, 6.07) is 4.70. The second kappa shape index (κ2) is 4.18. The molecule has 0 bridgehead atoms. The zero-order chi connectivity index (χ0) is 12.7. The Hall–Kier alpha value is -1.73. The van der Waals surface area contributed by atoms with Crippen molar-refractivity contribution in [2.75, 3.05) is 18.0 Å². The predicted octanol–water partition coefficient (Wildman–Crippen LogP) is 1.78. The van der Waals surface area contributed by atoms with E-state index in [1.807, 2.05) is 4.90 Å². The number of aromatic nitrogens is 1. The van der Waals surface area contributed by atoms with E-state index in [4.69, 9.17) is 0 Å². The van der Waals surface area contributed by atoms with Crippen LogP contribution in [-0.2, 0) is 0 Å². The number of thiazole rings is 1. The lowest BCUT2D eigenvalue weighted by atomic mass is 10.3. The van der Waals surface area contributed by atoms with Crippen molar-refractivity contribution >= 4 is 32.4 Å². The van der Waals surface area contributed by atoms with Gasteiger partial charge in [-0.15, -0.1) is 0 Å². The maximum atomic E-state index is 10.7. The van der Waals surface area contributed by atoms with Gasteiger partial charge in [-0.2, -0.15) is 0 Å². The van der Waals surface area contributed by atoms with Crippen LogP contribution in [0.1, 0.15) is 6.42 Å². The van der Waals surface area contributed by atoms with E-state index >= 15 is 0 Å². The first-order valence-corrected chi connectivity index (χ1v) is 6.43. The second-order valence-electron chi connectivity index (χ2n) is 4.29. The largest absolute Gasteiger partial charge is 0.391 e. The van der Waals surface area contributed by atoms with E-state index in [-0.39, 0.29) is 11.8 Å². The highest BCUT2D eigenvalue weighted by Gasteiger charge is 2.23. The number of fused-ring (bicyclic) bond motifs is 1. The number of hydrogen-bond acceptors (Lipinski definition) is 6. The van der Waals surface area contributed by atoms with E-state index in [0.717, 1.165) is 22.8 Å². The SMILES string of the molecule is O=[N+]([O-])c1ccc2sc(N3CCC(O)C3)nc2c1. The maximum absolute atomic E-state index is 10.7. The van der Waals surface area contributed by atoms with Gasteiger partial charge in [-0.25, -0.2) is 4.98 Å². The Bertz CT molecular complexity index is 613. The quantitative estimate of drug-likeness (QED) is 0.661. The predicted molar refractivity (Wildman–Crippen MR) is 69.1 cm³/mol. The van der Waals surface area contributed by atoms with E-state index in [2.05, 4.69) is 4.98 Å². The Morgan fingerprint density at radius 2 is 2.39 bits per heavy atom. The molecule has 0 amide bonds. The lowest BCUT2D eigenvalue weighted by Gasteiger charge is -2.12. The molecule has 94 valence electrons. The van der Waals surface area contributed by atoms with E-state index in [1.54, 1.807) is 6.07 Å². The average molecular weight is 265 g/mol. The summed E-state index contributed by atoms with van der Waals surface area (Å²) >= 11 is 1.50. The van der Waals surface area contributed by atoms with E-state index in [1.165, 1.54) is 23.5 Å². The number of hydrogen-bond donors (Lipinski definition) is 1. The summed E-state index contributed by atoms with van der Waals surface area (Å²) < 4.78 is 0.928. The third-order valence-electron chi connectivity index (χ3n) is 3.00. The summed E-state index contributed by atoms with van der Waals surface area (Å²) in [5.41, 5.74) is 0.700. The Morgan fingerprint density at radius 1 is 1.56 bits per heavy atom. The second-order valence-corrected chi connectivity index (χ2v) is 5.30. The summed E-state index contributed by atoms with van der Waals surface area (Å²) in [6.45, 7) is 1.37. The molecule has 1 unspecified atom stereocenters. The molecule has 0 spiro atoms. The first-order chi connectivity index (χ1) is 8.63. The van der Waals surface area contributed by atoms with Gasteiger partial charge in [-0.3, -0.25) is 10.1 Å². The molecule has 0 aliphatic carbocycles. The molecular weight excluding hydrogens is 254 g/mol. The van der Waals surface area contributed by atoms with Gasteiger partial charge in [0.2, 0.25) is 0 Å². The lowest BCUT2D eigenvalue weighted by Crippen LogP contribution is -2.20. The Kier molecular flexibility index (Phi) is 2.64. The molecule has 1 aromatic heterocycles. The number of rotatable bonds is 2. The molecule has 0 saturated carbocycles. The number of aliphatic hydroxyl groups is 1. The fourth-order valence-corrected chi connectivity index (χ4v) is 3.05. The number of nitrogens with zero attached hydrogens (tertiary/aromatic N) is 3. The van der Waals surface area contributed by atoms with Crippen LogP contribution in [0.25, 0.3) is 10.2 Å². The highest BCUT2D eigenvalue weighted by atomic mass is 32.1. The molecule has 3 rings (SSSR count). The summed E-state index contributed by atoms with van der Waals surface area (Å²) in [7, 11) is 0. The van der Waals surface area contributed by atoms with Crippen LogP contribution in [0.15, 0.2) is 18.2 Å². The molecule has 0 radical (unpaired) electrons. The zero-order valence-electron chi connectivity index (χ0n) is 9.44. The van der Waals surface area contributed by atoms with Crippen LogP contribution in [-0.4, -0.2) is 34.2 Å². The highest BCUT2D eigenvalue weighted by Crippen LogP contribution is 2.32. The first-order valence-electron chi connectivity index (χ1n) is 5.61. The van der Waals surface area contributed by atoms with Crippen molar-refractivity contribution in [1.29, 1.82) is 0 Å². The number of nitro groups is 1. The van der Waals surface area contributed by atoms with Gasteiger partial charge >= 0.3 is 0 Å². The number of aliphatic hydroxyl groups excluding tert-OH is 1. The third-order valence-corrected chi connectivity index (χ3v) is 4.10. The Balaban J connectivity index is 1.98. The monoisotopic (exact) mass is 265 g/mol. The van der Waals surface area contributed by atoms with Gasteiger partial charge in [0.25, 0.3) is 5.69 Å². The fraction of sp³-hybridized carbons (Fsp3) is 0.364. The fourth-order valence-electron chi connectivity index (χ4n) is 2.07. The Labute approximate surface area is 107 Å². The van der Waals surface area contributed by atoms with Gasteiger partial charge in [-0.1, -0.05) is 11.3 Å². The minimum atomic E-state index is -0.419. The van der Waals surface area contributed by atoms with Crippen molar-refractivity contribution in [3.05, 3.63) is 28.3 Å². The topological polar surface area (TPSA) is 79.5 Å². The lowest BCUT2D eigenvalue weighted by molar-refractivity contribution is -0.384. The van der Waals surface area contributed by atoms with Crippen molar-refractivity contribution in [1.82, 2.24) is 4.98 Å². The number of benzene rings is 1. The van der Waals surface area contributed by atoms with Crippen LogP contribution in [0.4, 0.5) is 10.8 Å². The van der Waals surface area contributed by atoms with Gasteiger partial charge < -0.3 is 10.0 Å². The molecule has 1 aliphatic rings. The van der Waals surface area contributed by atoms with Gasteiger partial charge in [0.05, 0.1) is 21.2 Å². The average Bonchev–Trinajstić information content (AvgIpc) is 2.93. The van der Waals surface area contributed by atoms with Crippen LogP contribution in [0, 0.1) is 10.1 Å². The molecule has 6 nitrogen and oxygen atoms in total. The molecule has 2 aromatic rings. The van der Waals surface area contributed by atoms with Crippen molar-refractivity contribution in [2.45, 2.75) is 12.5 Å². The molecule has 1 atom stereocenters. The van der Waals surface area contributed by atoms with Crippen LogP contribution in [0.3, 0.4) is 0 Å². The van der Waals surface area contributed by atoms with Crippen molar-refractivity contribution < 1.29 is 10.0 Å². The van der Waals surface area contributed by atoms with Crippen molar-refractivity contribution in [3.8, 4) is 0 Å². The van der Waals surface area contributed by atoms with Crippen LogP contribution in [0.2, 0.25) is 0 Å².